The van der Waals surface area contributed by atoms with E-state index in [2.05, 4.69) is 6.58 Å². The largest absolute Gasteiger partial charge is 0.497 e. The van der Waals surface area contributed by atoms with Gasteiger partial charge in [0, 0.05) is 6.54 Å². The van der Waals surface area contributed by atoms with Crippen LogP contribution in [0.15, 0.2) is 70.4 Å². The highest BCUT2D eigenvalue weighted by Gasteiger charge is 2.42. The maximum Gasteiger partial charge on any atom is 0.291 e. The van der Waals surface area contributed by atoms with Gasteiger partial charge in [-0.2, -0.15) is 0 Å². The summed E-state index contributed by atoms with van der Waals surface area (Å²) in [4.78, 5) is 27.6. The summed E-state index contributed by atoms with van der Waals surface area (Å²) in [6, 6.07) is 13.8. The molecule has 0 fully saturated rings. The normalized spacial score (nSPS) is 16.0. The lowest BCUT2D eigenvalue weighted by Gasteiger charge is -2.23. The Morgan fingerprint density at radius 3 is 2.58 bits per heavy atom. The molecule has 2 aromatic carbocycles. The number of hydrogen-bond donors (Lipinski definition) is 0. The van der Waals surface area contributed by atoms with E-state index >= 15 is 0 Å². The molecule has 0 bridgehead atoms. The third kappa shape index (κ3) is 2.32. The summed E-state index contributed by atoms with van der Waals surface area (Å²) in [6.45, 7) is 4.05. The van der Waals surface area contributed by atoms with Gasteiger partial charge in [-0.25, -0.2) is 0 Å². The zero-order chi connectivity index (χ0) is 18.3. The van der Waals surface area contributed by atoms with Crippen LogP contribution in [0.2, 0.25) is 0 Å². The molecule has 26 heavy (non-hydrogen) atoms. The number of carbonyl (C=O) groups excluding carboxylic acids is 1. The van der Waals surface area contributed by atoms with Crippen LogP contribution in [-0.2, 0) is 0 Å². The number of rotatable bonds is 4. The molecule has 5 heteroatoms. The molecule has 4 rings (SSSR count). The van der Waals surface area contributed by atoms with Crippen LogP contribution >= 0.6 is 0 Å². The van der Waals surface area contributed by atoms with Gasteiger partial charge in [-0.15, -0.1) is 6.58 Å². The Hall–Kier alpha value is -3.34. The number of methoxy groups -OCH3 is 1. The fourth-order valence-corrected chi connectivity index (χ4v) is 3.43. The van der Waals surface area contributed by atoms with Gasteiger partial charge < -0.3 is 14.1 Å². The van der Waals surface area contributed by atoms with Gasteiger partial charge in [0.1, 0.15) is 11.3 Å². The summed E-state index contributed by atoms with van der Waals surface area (Å²) in [6.07, 6.45) is 1.64. The molecule has 0 aliphatic carbocycles. The van der Waals surface area contributed by atoms with Gasteiger partial charge in [0.05, 0.1) is 24.1 Å². The highest BCUT2D eigenvalue weighted by Crippen LogP contribution is 2.38. The molecule has 0 radical (unpaired) electrons. The second-order valence-corrected chi connectivity index (χ2v) is 6.09. The number of fused-ring (bicyclic) bond motifs is 2. The molecule has 0 saturated carbocycles. The van der Waals surface area contributed by atoms with Crippen molar-refractivity contribution in [2.75, 3.05) is 13.7 Å². The lowest BCUT2D eigenvalue weighted by Crippen LogP contribution is -2.29. The van der Waals surface area contributed by atoms with Gasteiger partial charge in [-0.3, -0.25) is 9.59 Å². The Morgan fingerprint density at radius 1 is 1.15 bits per heavy atom. The van der Waals surface area contributed by atoms with Crippen molar-refractivity contribution in [2.45, 2.75) is 6.04 Å². The van der Waals surface area contributed by atoms with Crippen LogP contribution in [0.25, 0.3) is 11.0 Å². The van der Waals surface area contributed by atoms with E-state index in [0.29, 0.717) is 28.8 Å². The van der Waals surface area contributed by atoms with Crippen LogP contribution in [0.5, 0.6) is 5.75 Å². The lowest BCUT2D eigenvalue weighted by atomic mass is 9.98. The first kappa shape index (κ1) is 16.1. The molecule has 0 N–H and O–H groups in total. The van der Waals surface area contributed by atoms with Gasteiger partial charge in [0.15, 0.2) is 5.43 Å². The van der Waals surface area contributed by atoms with E-state index in [9.17, 15) is 9.59 Å². The summed E-state index contributed by atoms with van der Waals surface area (Å²) in [5.41, 5.74) is 1.43. The fraction of sp³-hybridized carbons (Fsp3) is 0.143. The van der Waals surface area contributed by atoms with Crippen LogP contribution in [0.1, 0.15) is 27.7 Å². The van der Waals surface area contributed by atoms with E-state index in [0.717, 1.165) is 5.56 Å². The van der Waals surface area contributed by atoms with Crippen molar-refractivity contribution in [3.05, 3.63) is 88.3 Å². The average Bonchev–Trinajstić information content (AvgIpc) is 2.95. The van der Waals surface area contributed by atoms with Crippen LogP contribution in [0, 0.1) is 0 Å². The van der Waals surface area contributed by atoms with E-state index in [-0.39, 0.29) is 17.1 Å². The van der Waals surface area contributed by atoms with Gasteiger partial charge in [0.25, 0.3) is 5.91 Å². The van der Waals surface area contributed by atoms with Crippen LogP contribution in [-0.4, -0.2) is 24.5 Å². The average molecular weight is 347 g/mol. The molecule has 3 aromatic rings. The molecule has 130 valence electrons. The predicted octanol–water partition coefficient (Wildman–Crippen LogP) is 3.53. The standard InChI is InChI=1S/C21H17NO4/c1-3-12-22-18(13-8-10-14(25-2)11-9-13)17-19(23)15-6-4-5-7-16(15)26-20(17)21(22)24/h3-11,18H,1,12H2,2H3/t18-/m1/s1. The zero-order valence-corrected chi connectivity index (χ0v) is 14.3. The first-order valence-electron chi connectivity index (χ1n) is 8.27. The van der Waals surface area contributed by atoms with Crippen molar-refractivity contribution in [1.82, 2.24) is 4.90 Å². The predicted molar refractivity (Wildman–Crippen MR) is 98.6 cm³/mol. The van der Waals surface area contributed by atoms with Crippen LogP contribution in [0.4, 0.5) is 0 Å². The van der Waals surface area contributed by atoms with E-state index in [1.54, 1.807) is 42.4 Å². The van der Waals surface area contributed by atoms with Crippen LogP contribution < -0.4 is 10.2 Å². The third-order valence-electron chi connectivity index (χ3n) is 4.63. The minimum absolute atomic E-state index is 0.108. The fourth-order valence-electron chi connectivity index (χ4n) is 3.43. The van der Waals surface area contributed by atoms with Crippen molar-refractivity contribution in [3.8, 4) is 5.75 Å². The first-order chi connectivity index (χ1) is 12.7. The van der Waals surface area contributed by atoms with E-state index in [1.807, 2.05) is 24.3 Å². The molecule has 1 aliphatic heterocycles. The second kappa shape index (κ2) is 6.19. The number of nitrogens with zero attached hydrogens (tertiary/aromatic N) is 1. The summed E-state index contributed by atoms with van der Waals surface area (Å²) in [7, 11) is 1.59. The van der Waals surface area contributed by atoms with Crippen molar-refractivity contribution in [2.24, 2.45) is 0 Å². The Kier molecular flexibility index (Phi) is 3.84. The molecule has 5 nitrogen and oxygen atoms in total. The summed E-state index contributed by atoms with van der Waals surface area (Å²) in [5, 5.41) is 0.470. The van der Waals surface area contributed by atoms with Crippen molar-refractivity contribution < 1.29 is 13.9 Å². The smallest absolute Gasteiger partial charge is 0.291 e. The highest BCUT2D eigenvalue weighted by molar-refractivity contribution is 5.99. The van der Waals surface area contributed by atoms with Gasteiger partial charge in [-0.1, -0.05) is 30.3 Å². The SMILES string of the molecule is C=CCN1C(=O)c2oc3ccccc3c(=O)c2[C@H]1c1ccc(OC)cc1. The minimum atomic E-state index is -0.512. The number of amides is 1. The maximum atomic E-state index is 13.1. The van der Waals surface area contributed by atoms with E-state index in [4.69, 9.17) is 9.15 Å². The summed E-state index contributed by atoms with van der Waals surface area (Å²) < 4.78 is 11.0. The topological polar surface area (TPSA) is 59.8 Å². The van der Waals surface area contributed by atoms with Gasteiger partial charge >= 0.3 is 0 Å². The lowest BCUT2D eigenvalue weighted by molar-refractivity contribution is 0.0748. The molecular weight excluding hydrogens is 330 g/mol. The Labute approximate surface area is 150 Å². The Balaban J connectivity index is 1.97. The molecule has 1 atom stereocenters. The number of para-hydroxylation sites is 1. The Morgan fingerprint density at radius 2 is 1.88 bits per heavy atom. The molecular formula is C21H17NO4. The molecule has 1 aliphatic rings. The number of hydrogen-bond acceptors (Lipinski definition) is 4. The van der Waals surface area contributed by atoms with Gasteiger partial charge in [-0.05, 0) is 29.8 Å². The second-order valence-electron chi connectivity index (χ2n) is 6.09. The van der Waals surface area contributed by atoms with Gasteiger partial charge in [0.2, 0.25) is 5.76 Å². The van der Waals surface area contributed by atoms with Crippen molar-refractivity contribution in [3.63, 3.8) is 0 Å². The van der Waals surface area contributed by atoms with Crippen molar-refractivity contribution in [1.29, 1.82) is 0 Å². The zero-order valence-electron chi connectivity index (χ0n) is 14.3. The number of carbonyl (C=O) groups is 1. The molecule has 0 spiro atoms. The quantitative estimate of drug-likeness (QED) is 0.678. The Bertz CT molecular complexity index is 1070. The van der Waals surface area contributed by atoms with E-state index in [1.165, 1.54) is 0 Å². The minimum Gasteiger partial charge on any atom is -0.497 e. The number of benzene rings is 2. The monoisotopic (exact) mass is 347 g/mol. The highest BCUT2D eigenvalue weighted by atomic mass is 16.5. The number of ether oxygens (including phenoxy) is 1. The van der Waals surface area contributed by atoms with Crippen LogP contribution in [0.3, 0.4) is 0 Å². The molecule has 1 amide bonds. The summed E-state index contributed by atoms with van der Waals surface area (Å²) in [5.74, 6) is 0.513. The first-order valence-corrected chi connectivity index (χ1v) is 8.27. The molecule has 2 heterocycles. The van der Waals surface area contributed by atoms with E-state index < -0.39 is 6.04 Å². The molecule has 0 saturated heterocycles. The third-order valence-corrected chi connectivity index (χ3v) is 4.63. The summed E-state index contributed by atoms with van der Waals surface area (Å²) >= 11 is 0. The van der Waals surface area contributed by atoms with Crippen molar-refractivity contribution >= 4 is 16.9 Å². The maximum absolute atomic E-state index is 13.1. The molecule has 0 unspecified atom stereocenters. The molecule has 1 aromatic heterocycles.